The van der Waals surface area contributed by atoms with Crippen LogP contribution in [-0.2, 0) is 12.8 Å². The first-order valence-electron chi connectivity index (χ1n) is 7.67. The zero-order valence-electron chi connectivity index (χ0n) is 11.6. The van der Waals surface area contributed by atoms with Gasteiger partial charge in [-0.2, -0.15) is 0 Å². The average Bonchev–Trinajstić information content (AvgIpc) is 3.17. The van der Waals surface area contributed by atoms with Crippen molar-refractivity contribution in [3.05, 3.63) is 70.8 Å². The van der Waals surface area contributed by atoms with Gasteiger partial charge in [-0.15, -0.1) is 0 Å². The first-order chi connectivity index (χ1) is 9.83. The van der Waals surface area contributed by atoms with Crippen molar-refractivity contribution in [3.8, 4) is 0 Å². The third-order valence-corrected chi connectivity index (χ3v) is 4.94. The molecule has 1 heteroatoms. The molecule has 0 spiro atoms. The van der Waals surface area contributed by atoms with E-state index >= 15 is 0 Å². The Morgan fingerprint density at radius 1 is 0.950 bits per heavy atom. The minimum atomic E-state index is -0.300. The summed E-state index contributed by atoms with van der Waals surface area (Å²) in [5.74, 6) is 0.941. The van der Waals surface area contributed by atoms with E-state index in [-0.39, 0.29) is 6.10 Å². The molecule has 2 aromatic carbocycles. The molecule has 2 aromatic rings. The second-order valence-corrected chi connectivity index (χ2v) is 6.24. The number of aliphatic hydroxyl groups is 1. The molecule has 102 valence electrons. The Kier molecular flexibility index (Phi) is 2.89. The van der Waals surface area contributed by atoms with Crippen LogP contribution >= 0.6 is 0 Å². The molecule has 1 N–H and O–H groups in total. The fourth-order valence-electron chi connectivity index (χ4n) is 3.67. The largest absolute Gasteiger partial charge is 0.388 e. The maximum absolute atomic E-state index is 10.6. The number of hydrogen-bond acceptors (Lipinski definition) is 1. The third-order valence-electron chi connectivity index (χ3n) is 4.94. The van der Waals surface area contributed by atoms with Crippen LogP contribution in [-0.4, -0.2) is 5.11 Å². The van der Waals surface area contributed by atoms with E-state index in [1.54, 1.807) is 0 Å². The highest BCUT2D eigenvalue weighted by Crippen LogP contribution is 2.54. The molecule has 2 aliphatic carbocycles. The lowest BCUT2D eigenvalue weighted by Crippen LogP contribution is -2.02. The summed E-state index contributed by atoms with van der Waals surface area (Å²) in [7, 11) is 0. The molecule has 0 heterocycles. The molecule has 1 saturated carbocycles. The summed E-state index contributed by atoms with van der Waals surface area (Å²) in [6, 6.07) is 17.2. The first-order valence-corrected chi connectivity index (χ1v) is 7.67. The van der Waals surface area contributed by atoms with Crippen molar-refractivity contribution < 1.29 is 5.11 Å². The van der Waals surface area contributed by atoms with Crippen LogP contribution in [0.15, 0.2) is 48.5 Å². The van der Waals surface area contributed by atoms with Gasteiger partial charge in [0.05, 0.1) is 6.10 Å². The van der Waals surface area contributed by atoms with E-state index in [9.17, 15) is 5.11 Å². The number of hydrogen-bond donors (Lipinski definition) is 1. The number of rotatable bonds is 3. The Hall–Kier alpha value is -1.60. The average molecular weight is 264 g/mol. The first kappa shape index (κ1) is 12.2. The van der Waals surface area contributed by atoms with Gasteiger partial charge >= 0.3 is 0 Å². The minimum absolute atomic E-state index is 0.300. The third kappa shape index (κ3) is 2.06. The second-order valence-electron chi connectivity index (χ2n) is 6.24. The predicted molar refractivity (Wildman–Crippen MR) is 80.7 cm³/mol. The second kappa shape index (κ2) is 4.75. The monoisotopic (exact) mass is 264 g/mol. The molecular weight excluding hydrogens is 244 g/mol. The zero-order chi connectivity index (χ0) is 13.5. The van der Waals surface area contributed by atoms with Crippen molar-refractivity contribution in [1.29, 1.82) is 0 Å². The van der Waals surface area contributed by atoms with E-state index in [4.69, 9.17) is 0 Å². The van der Waals surface area contributed by atoms with Crippen molar-refractivity contribution in [3.63, 3.8) is 0 Å². The van der Waals surface area contributed by atoms with Gasteiger partial charge < -0.3 is 5.11 Å². The summed E-state index contributed by atoms with van der Waals surface area (Å²) < 4.78 is 0. The summed E-state index contributed by atoms with van der Waals surface area (Å²) in [6.07, 6.45) is 4.48. The normalized spacial score (nSPS) is 25.2. The predicted octanol–water partition coefficient (Wildman–Crippen LogP) is 4.01. The molecule has 3 unspecified atom stereocenters. The Bertz CT molecular complexity index is 617. The van der Waals surface area contributed by atoms with E-state index in [1.165, 1.54) is 36.0 Å². The summed E-state index contributed by atoms with van der Waals surface area (Å²) in [5.41, 5.74) is 5.43. The van der Waals surface area contributed by atoms with Crippen molar-refractivity contribution in [2.75, 3.05) is 0 Å². The molecule has 20 heavy (non-hydrogen) atoms. The van der Waals surface area contributed by atoms with E-state index < -0.39 is 0 Å². The number of aryl methyl sites for hydroxylation is 2. The lowest BCUT2D eigenvalue weighted by molar-refractivity contribution is 0.151. The molecule has 0 amide bonds. The summed E-state index contributed by atoms with van der Waals surface area (Å²) in [5, 5.41) is 10.6. The van der Waals surface area contributed by atoms with E-state index in [0.717, 1.165) is 12.0 Å². The van der Waals surface area contributed by atoms with Crippen LogP contribution in [0.4, 0.5) is 0 Å². The van der Waals surface area contributed by atoms with Crippen molar-refractivity contribution in [1.82, 2.24) is 0 Å². The lowest BCUT2D eigenvalue weighted by atomic mass is 9.98. The highest BCUT2D eigenvalue weighted by Gasteiger charge is 2.43. The Labute approximate surface area is 120 Å². The standard InChI is InChI=1S/C19H20O/c20-19(16-10-9-13-7-4-8-15(13)11-16)18-12-17(18)14-5-2-1-3-6-14/h1-3,5-6,9-11,17-20H,4,7-8,12H2. The van der Waals surface area contributed by atoms with Crippen molar-refractivity contribution in [2.24, 2.45) is 5.92 Å². The lowest BCUT2D eigenvalue weighted by Gasteiger charge is -2.12. The van der Waals surface area contributed by atoms with Gasteiger partial charge in [0.2, 0.25) is 0 Å². The van der Waals surface area contributed by atoms with Gasteiger partial charge in [0.25, 0.3) is 0 Å². The SMILES string of the molecule is OC(c1ccc2c(c1)CCC2)C1CC1c1ccccc1. The van der Waals surface area contributed by atoms with Gasteiger partial charge in [-0.3, -0.25) is 0 Å². The van der Waals surface area contributed by atoms with Gasteiger partial charge in [-0.25, -0.2) is 0 Å². The van der Waals surface area contributed by atoms with E-state index in [1.807, 2.05) is 0 Å². The van der Waals surface area contributed by atoms with Crippen LogP contribution in [0.25, 0.3) is 0 Å². The van der Waals surface area contributed by atoms with Gasteiger partial charge in [0.15, 0.2) is 0 Å². The topological polar surface area (TPSA) is 20.2 Å². The van der Waals surface area contributed by atoms with E-state index in [0.29, 0.717) is 11.8 Å². The molecule has 0 radical (unpaired) electrons. The minimum Gasteiger partial charge on any atom is -0.388 e. The van der Waals surface area contributed by atoms with Gasteiger partial charge in [-0.1, -0.05) is 48.5 Å². The molecule has 0 bridgehead atoms. The van der Waals surface area contributed by atoms with Crippen molar-refractivity contribution >= 4 is 0 Å². The highest BCUT2D eigenvalue weighted by molar-refractivity contribution is 5.37. The van der Waals surface area contributed by atoms with Gasteiger partial charge in [0, 0.05) is 0 Å². The molecular formula is C19H20O. The Balaban J connectivity index is 1.53. The quantitative estimate of drug-likeness (QED) is 0.888. The summed E-state index contributed by atoms with van der Waals surface area (Å²) in [6.45, 7) is 0. The molecule has 1 fully saturated rings. The van der Waals surface area contributed by atoms with E-state index in [2.05, 4.69) is 48.5 Å². The zero-order valence-corrected chi connectivity index (χ0v) is 11.6. The fraction of sp³-hybridized carbons (Fsp3) is 0.368. The molecule has 0 aliphatic heterocycles. The van der Waals surface area contributed by atoms with Crippen LogP contribution in [0, 0.1) is 5.92 Å². The van der Waals surface area contributed by atoms with Crippen LogP contribution < -0.4 is 0 Å². The molecule has 0 aromatic heterocycles. The summed E-state index contributed by atoms with van der Waals surface area (Å²) >= 11 is 0. The highest BCUT2D eigenvalue weighted by atomic mass is 16.3. The smallest absolute Gasteiger partial charge is 0.0824 e. The van der Waals surface area contributed by atoms with Crippen LogP contribution in [0.3, 0.4) is 0 Å². The number of aliphatic hydroxyl groups excluding tert-OH is 1. The molecule has 0 saturated heterocycles. The number of fused-ring (bicyclic) bond motifs is 1. The molecule has 1 nitrogen and oxygen atoms in total. The molecule has 4 rings (SSSR count). The Morgan fingerprint density at radius 2 is 1.75 bits per heavy atom. The number of benzene rings is 2. The maximum Gasteiger partial charge on any atom is 0.0824 e. The van der Waals surface area contributed by atoms with Crippen LogP contribution in [0.2, 0.25) is 0 Å². The maximum atomic E-state index is 10.6. The molecule has 3 atom stereocenters. The van der Waals surface area contributed by atoms with Crippen molar-refractivity contribution in [2.45, 2.75) is 37.7 Å². The fourth-order valence-corrected chi connectivity index (χ4v) is 3.67. The molecule has 2 aliphatic rings. The van der Waals surface area contributed by atoms with Crippen LogP contribution in [0.5, 0.6) is 0 Å². The van der Waals surface area contributed by atoms with Crippen LogP contribution in [0.1, 0.15) is 47.1 Å². The van der Waals surface area contributed by atoms with Gasteiger partial charge in [-0.05, 0) is 59.8 Å². The Morgan fingerprint density at radius 3 is 2.60 bits per heavy atom. The summed E-state index contributed by atoms with van der Waals surface area (Å²) in [4.78, 5) is 0. The van der Waals surface area contributed by atoms with Gasteiger partial charge in [0.1, 0.15) is 0 Å².